The summed E-state index contributed by atoms with van der Waals surface area (Å²) in [7, 11) is 0. The number of hydrogen-bond acceptors (Lipinski definition) is 2. The van der Waals surface area contributed by atoms with Gasteiger partial charge in [-0.2, -0.15) is 0 Å². The molecule has 34 heavy (non-hydrogen) atoms. The highest BCUT2D eigenvalue weighted by molar-refractivity contribution is 6.11. The lowest BCUT2D eigenvalue weighted by atomic mass is 9.71. The van der Waals surface area contributed by atoms with Crippen LogP contribution in [0.3, 0.4) is 0 Å². The maximum atomic E-state index is 6.05. The second-order valence-corrected chi connectivity index (χ2v) is 9.32. The topological polar surface area (TPSA) is 21.6 Å². The van der Waals surface area contributed by atoms with Crippen LogP contribution in [0, 0.1) is 5.41 Å². The number of hydrogen-bond donors (Lipinski definition) is 0. The van der Waals surface area contributed by atoms with Crippen LogP contribution in [0.5, 0.6) is 0 Å². The van der Waals surface area contributed by atoms with Gasteiger partial charge in [0.2, 0.25) is 0 Å². The Labute approximate surface area is 201 Å². The Bertz CT molecular complexity index is 1370. The lowest BCUT2D eigenvalue weighted by Crippen LogP contribution is -2.34. The predicted molar refractivity (Wildman–Crippen MR) is 139 cm³/mol. The molecular formula is C32H27NO. The van der Waals surface area contributed by atoms with Gasteiger partial charge in [0.15, 0.2) is 0 Å². The van der Waals surface area contributed by atoms with Crippen LogP contribution in [0.2, 0.25) is 0 Å². The second-order valence-electron chi connectivity index (χ2n) is 9.32. The zero-order valence-electron chi connectivity index (χ0n) is 19.2. The van der Waals surface area contributed by atoms with Crippen molar-refractivity contribution in [1.82, 2.24) is 0 Å². The molecule has 2 aliphatic rings. The van der Waals surface area contributed by atoms with Crippen LogP contribution in [-0.4, -0.2) is 5.71 Å². The first-order valence-corrected chi connectivity index (χ1v) is 12.0. The molecule has 2 nitrogen and oxygen atoms in total. The lowest BCUT2D eigenvalue weighted by Gasteiger charge is -2.32. The molecule has 0 amide bonds. The third kappa shape index (κ3) is 3.76. The van der Waals surface area contributed by atoms with E-state index in [1.165, 1.54) is 33.4 Å². The first-order valence-electron chi connectivity index (χ1n) is 12.0. The van der Waals surface area contributed by atoms with E-state index in [2.05, 4.69) is 97.1 Å². The van der Waals surface area contributed by atoms with Crippen LogP contribution in [0.25, 0.3) is 6.08 Å². The van der Waals surface area contributed by atoms with Gasteiger partial charge in [0.05, 0.1) is 5.71 Å². The van der Waals surface area contributed by atoms with Crippen molar-refractivity contribution in [2.45, 2.75) is 25.9 Å². The summed E-state index contributed by atoms with van der Waals surface area (Å²) in [5.74, 6) is 0. The summed E-state index contributed by atoms with van der Waals surface area (Å²) in [6.07, 6.45) is 5.19. The first kappa shape index (κ1) is 20.7. The van der Waals surface area contributed by atoms with Crippen molar-refractivity contribution in [1.29, 1.82) is 0 Å². The Balaban J connectivity index is 1.45. The fourth-order valence-electron chi connectivity index (χ4n) is 5.51. The van der Waals surface area contributed by atoms with E-state index in [4.69, 9.17) is 9.99 Å². The van der Waals surface area contributed by atoms with E-state index in [1.54, 1.807) is 0 Å². The van der Waals surface area contributed by atoms with Crippen molar-refractivity contribution in [2.75, 3.05) is 0 Å². The van der Waals surface area contributed by atoms with Gasteiger partial charge in [-0.15, -0.1) is 0 Å². The number of oxime groups is 1. The minimum Gasteiger partial charge on any atom is -0.391 e. The minimum absolute atomic E-state index is 0.235. The maximum Gasteiger partial charge on any atom is 0.142 e. The van der Waals surface area contributed by atoms with Gasteiger partial charge in [-0.3, -0.25) is 0 Å². The van der Waals surface area contributed by atoms with Crippen molar-refractivity contribution in [3.8, 4) is 0 Å². The standard InChI is InChI=1S/C32H27NO/c1-3-11-24(12-4-1)21-32(29-19-26-15-7-8-16-27(26)20-29)22-28-17-9-10-18-30(28)31(32)33-34-23-25-13-5-2-6-14-25/h1-19H,20-23H2. The number of allylic oxidation sites excluding steroid dienone is 1. The molecule has 0 spiro atoms. The number of fused-ring (bicyclic) bond motifs is 2. The van der Waals surface area contributed by atoms with Gasteiger partial charge in [0, 0.05) is 11.0 Å². The second kappa shape index (κ2) is 8.79. The van der Waals surface area contributed by atoms with E-state index in [1.807, 2.05) is 18.2 Å². The summed E-state index contributed by atoms with van der Waals surface area (Å²) < 4.78 is 0. The molecule has 1 atom stereocenters. The lowest BCUT2D eigenvalue weighted by molar-refractivity contribution is 0.128. The molecule has 0 heterocycles. The molecule has 0 bridgehead atoms. The molecule has 0 saturated heterocycles. The van der Waals surface area contributed by atoms with Gasteiger partial charge < -0.3 is 4.84 Å². The van der Waals surface area contributed by atoms with Gasteiger partial charge in [-0.25, -0.2) is 0 Å². The Morgan fingerprint density at radius 1 is 0.676 bits per heavy atom. The van der Waals surface area contributed by atoms with Crippen LogP contribution in [0.4, 0.5) is 0 Å². The van der Waals surface area contributed by atoms with Crippen molar-refractivity contribution >= 4 is 11.8 Å². The molecule has 4 aromatic rings. The van der Waals surface area contributed by atoms with E-state index in [0.29, 0.717) is 6.61 Å². The average molecular weight is 442 g/mol. The smallest absolute Gasteiger partial charge is 0.142 e. The Morgan fingerprint density at radius 3 is 2.09 bits per heavy atom. The Hall–Kier alpha value is -3.91. The summed E-state index contributed by atoms with van der Waals surface area (Å²) in [4.78, 5) is 6.05. The predicted octanol–water partition coefficient (Wildman–Crippen LogP) is 7.03. The van der Waals surface area contributed by atoms with E-state index in [9.17, 15) is 0 Å². The largest absolute Gasteiger partial charge is 0.391 e. The van der Waals surface area contributed by atoms with E-state index in [0.717, 1.165) is 30.5 Å². The van der Waals surface area contributed by atoms with E-state index < -0.39 is 0 Å². The van der Waals surface area contributed by atoms with Gasteiger partial charge in [-0.05, 0) is 47.1 Å². The summed E-state index contributed by atoms with van der Waals surface area (Å²) in [6, 6.07) is 38.5. The van der Waals surface area contributed by atoms with Crippen LogP contribution in [0.1, 0.15) is 33.4 Å². The van der Waals surface area contributed by atoms with Crippen molar-refractivity contribution in [2.24, 2.45) is 10.6 Å². The zero-order chi connectivity index (χ0) is 22.8. The quantitative estimate of drug-likeness (QED) is 0.294. The molecule has 1 unspecified atom stereocenters. The summed E-state index contributed by atoms with van der Waals surface area (Å²) in [5, 5.41) is 4.89. The third-order valence-corrected chi connectivity index (χ3v) is 7.18. The molecule has 0 fully saturated rings. The molecule has 2 aliphatic carbocycles. The van der Waals surface area contributed by atoms with Crippen LogP contribution in [0.15, 0.2) is 120 Å². The highest BCUT2D eigenvalue weighted by atomic mass is 16.6. The van der Waals surface area contributed by atoms with E-state index >= 15 is 0 Å². The normalized spacial score (nSPS) is 19.5. The third-order valence-electron chi connectivity index (χ3n) is 7.18. The van der Waals surface area contributed by atoms with Gasteiger partial charge >= 0.3 is 0 Å². The van der Waals surface area contributed by atoms with Crippen molar-refractivity contribution in [3.63, 3.8) is 0 Å². The molecule has 0 aromatic heterocycles. The highest BCUT2D eigenvalue weighted by Crippen LogP contribution is 2.49. The highest BCUT2D eigenvalue weighted by Gasteiger charge is 2.47. The monoisotopic (exact) mass is 441 g/mol. The summed E-state index contributed by atoms with van der Waals surface area (Å²) in [5.41, 5.74) is 9.97. The molecule has 0 N–H and O–H groups in total. The van der Waals surface area contributed by atoms with E-state index in [-0.39, 0.29) is 5.41 Å². The van der Waals surface area contributed by atoms with Crippen LogP contribution >= 0.6 is 0 Å². The number of benzene rings is 4. The average Bonchev–Trinajstić information content (AvgIpc) is 3.46. The Kier molecular flexibility index (Phi) is 5.35. The van der Waals surface area contributed by atoms with Crippen LogP contribution < -0.4 is 0 Å². The first-order chi connectivity index (χ1) is 16.8. The van der Waals surface area contributed by atoms with Gasteiger partial charge in [0.25, 0.3) is 0 Å². The molecule has 0 aliphatic heterocycles. The van der Waals surface area contributed by atoms with Crippen LogP contribution in [-0.2, 0) is 30.7 Å². The van der Waals surface area contributed by atoms with Crippen molar-refractivity contribution in [3.05, 3.63) is 148 Å². The minimum atomic E-state index is -0.235. The fraction of sp³-hybridized carbons (Fsp3) is 0.156. The molecule has 0 saturated carbocycles. The molecule has 6 rings (SSSR count). The zero-order valence-corrected chi connectivity index (χ0v) is 19.2. The molecule has 166 valence electrons. The Morgan fingerprint density at radius 2 is 1.32 bits per heavy atom. The molecular weight excluding hydrogens is 414 g/mol. The molecule has 4 aromatic carbocycles. The van der Waals surface area contributed by atoms with Gasteiger partial charge in [-0.1, -0.05) is 126 Å². The number of rotatable bonds is 6. The number of nitrogens with zero attached hydrogens (tertiary/aromatic N) is 1. The summed E-state index contributed by atoms with van der Waals surface area (Å²) >= 11 is 0. The van der Waals surface area contributed by atoms with Gasteiger partial charge in [0.1, 0.15) is 6.61 Å². The molecule has 0 radical (unpaired) electrons. The fourth-order valence-corrected chi connectivity index (χ4v) is 5.51. The SMILES string of the molecule is C1=C(C2(Cc3ccccc3)Cc3ccccc3C2=NOCc2ccccc2)Cc2ccccc21. The maximum absolute atomic E-state index is 6.05. The van der Waals surface area contributed by atoms with Crippen molar-refractivity contribution < 1.29 is 4.84 Å². The molecule has 2 heteroatoms. The summed E-state index contributed by atoms with van der Waals surface area (Å²) in [6.45, 7) is 0.465.